The number of sulfonamides is 1. The lowest BCUT2D eigenvalue weighted by Gasteiger charge is -2.33. The number of piperazine rings is 1. The third-order valence-corrected chi connectivity index (χ3v) is 6.83. The van der Waals surface area contributed by atoms with Crippen LogP contribution in [0.5, 0.6) is 5.75 Å². The molecule has 1 saturated heterocycles. The lowest BCUT2D eigenvalue weighted by Crippen LogP contribution is -2.51. The number of rotatable bonds is 6. The summed E-state index contributed by atoms with van der Waals surface area (Å²) < 4.78 is 32.6. The number of anilines is 1. The van der Waals surface area contributed by atoms with E-state index in [2.05, 4.69) is 10.6 Å². The van der Waals surface area contributed by atoms with Crippen LogP contribution in [-0.2, 0) is 19.6 Å². The molecule has 2 aliphatic heterocycles. The normalized spacial score (nSPS) is 19.3. The van der Waals surface area contributed by atoms with Gasteiger partial charge >= 0.3 is 0 Å². The van der Waals surface area contributed by atoms with E-state index in [1.54, 1.807) is 6.07 Å². The number of carbonyl (C=O) groups excluding carboxylic acids is 2. The molecule has 2 amide bonds. The van der Waals surface area contributed by atoms with Crippen molar-refractivity contribution in [3.8, 4) is 5.75 Å². The van der Waals surface area contributed by atoms with Crippen LogP contribution in [0.3, 0.4) is 0 Å². The van der Waals surface area contributed by atoms with E-state index in [4.69, 9.17) is 4.74 Å². The first-order valence-corrected chi connectivity index (χ1v) is 10.8. The van der Waals surface area contributed by atoms with Crippen LogP contribution in [0.4, 0.5) is 5.69 Å². The SMILES string of the molecule is CCC(C)NC(=O)CN1CCN(S(=O)(=O)c2ccc3c(c2)NC(=O)CO3)CC1. The summed E-state index contributed by atoms with van der Waals surface area (Å²) in [5.74, 6) is 0.0955. The second-order valence-electron chi connectivity index (χ2n) is 7.05. The number of nitrogens with zero attached hydrogens (tertiary/aromatic N) is 2. The fourth-order valence-electron chi connectivity index (χ4n) is 3.13. The average molecular weight is 410 g/mol. The molecule has 0 spiro atoms. The van der Waals surface area contributed by atoms with Crippen LogP contribution < -0.4 is 15.4 Å². The van der Waals surface area contributed by atoms with Gasteiger partial charge in [0.15, 0.2) is 6.61 Å². The molecule has 0 saturated carbocycles. The van der Waals surface area contributed by atoms with Gasteiger partial charge in [0.05, 0.1) is 17.1 Å². The van der Waals surface area contributed by atoms with E-state index in [0.717, 1.165) is 6.42 Å². The number of hydrogen-bond acceptors (Lipinski definition) is 6. The third-order valence-electron chi connectivity index (χ3n) is 4.94. The first-order chi connectivity index (χ1) is 13.3. The third kappa shape index (κ3) is 4.62. The standard InChI is InChI=1S/C18H26N4O5S/c1-3-13(2)19-17(23)11-21-6-8-22(9-7-21)28(25,26)14-4-5-16-15(10-14)20-18(24)12-27-16/h4-5,10,13H,3,6-9,11-12H2,1-2H3,(H,19,23)(H,20,24). The van der Waals surface area contributed by atoms with Gasteiger partial charge in [-0.2, -0.15) is 4.31 Å². The Morgan fingerprint density at radius 3 is 2.68 bits per heavy atom. The molecule has 28 heavy (non-hydrogen) atoms. The average Bonchev–Trinajstić information content (AvgIpc) is 2.67. The largest absolute Gasteiger partial charge is 0.482 e. The molecule has 2 N–H and O–H groups in total. The number of hydrogen-bond donors (Lipinski definition) is 2. The summed E-state index contributed by atoms with van der Waals surface area (Å²) in [6.07, 6.45) is 0.865. The highest BCUT2D eigenvalue weighted by Gasteiger charge is 2.30. The number of amides is 2. The van der Waals surface area contributed by atoms with E-state index in [0.29, 0.717) is 37.6 Å². The molecule has 1 aromatic carbocycles. The minimum Gasteiger partial charge on any atom is -0.482 e. The van der Waals surface area contributed by atoms with Crippen molar-refractivity contribution >= 4 is 27.5 Å². The molecule has 0 radical (unpaired) electrons. The van der Waals surface area contributed by atoms with Crippen molar-refractivity contribution in [3.05, 3.63) is 18.2 Å². The Kier molecular flexibility index (Phi) is 6.21. The Labute approximate surface area is 165 Å². The van der Waals surface area contributed by atoms with Crippen molar-refractivity contribution in [3.63, 3.8) is 0 Å². The number of nitrogens with one attached hydrogen (secondary N) is 2. The summed E-state index contributed by atoms with van der Waals surface area (Å²) in [7, 11) is -3.69. The Balaban J connectivity index is 1.61. The van der Waals surface area contributed by atoms with Gasteiger partial charge in [-0.15, -0.1) is 0 Å². The maximum atomic E-state index is 12.9. The van der Waals surface area contributed by atoms with Crippen LogP contribution in [0.2, 0.25) is 0 Å². The summed E-state index contributed by atoms with van der Waals surface area (Å²) in [6, 6.07) is 4.59. The lowest BCUT2D eigenvalue weighted by molar-refractivity contribution is -0.123. The Morgan fingerprint density at radius 1 is 1.29 bits per heavy atom. The molecule has 9 nitrogen and oxygen atoms in total. The zero-order valence-electron chi connectivity index (χ0n) is 16.1. The molecule has 10 heteroatoms. The van der Waals surface area contributed by atoms with Gasteiger partial charge in [-0.1, -0.05) is 6.92 Å². The summed E-state index contributed by atoms with van der Waals surface area (Å²) in [6.45, 7) is 5.72. The van der Waals surface area contributed by atoms with Crippen LogP contribution in [-0.4, -0.2) is 74.8 Å². The number of benzene rings is 1. The number of ether oxygens (including phenoxy) is 1. The van der Waals surface area contributed by atoms with Crippen molar-refractivity contribution in [2.24, 2.45) is 0 Å². The van der Waals surface area contributed by atoms with Gasteiger partial charge in [0, 0.05) is 32.2 Å². The lowest BCUT2D eigenvalue weighted by atomic mass is 10.2. The number of fused-ring (bicyclic) bond motifs is 1. The maximum Gasteiger partial charge on any atom is 0.262 e. The van der Waals surface area contributed by atoms with E-state index in [9.17, 15) is 18.0 Å². The predicted octanol–water partition coefficient (Wildman–Crippen LogP) is 0.239. The van der Waals surface area contributed by atoms with Gasteiger partial charge in [0.2, 0.25) is 15.9 Å². The summed E-state index contributed by atoms with van der Waals surface area (Å²) in [5, 5.41) is 5.54. The zero-order chi connectivity index (χ0) is 20.3. The molecule has 2 heterocycles. The summed E-state index contributed by atoms with van der Waals surface area (Å²) in [4.78, 5) is 25.5. The first-order valence-electron chi connectivity index (χ1n) is 9.38. The predicted molar refractivity (Wildman–Crippen MR) is 104 cm³/mol. The highest BCUT2D eigenvalue weighted by atomic mass is 32.2. The van der Waals surface area contributed by atoms with Crippen LogP contribution in [0.1, 0.15) is 20.3 Å². The smallest absolute Gasteiger partial charge is 0.262 e. The van der Waals surface area contributed by atoms with Gasteiger partial charge in [0.25, 0.3) is 5.91 Å². The van der Waals surface area contributed by atoms with Crippen molar-refractivity contribution in [2.75, 3.05) is 44.6 Å². The topological polar surface area (TPSA) is 108 Å². The monoisotopic (exact) mass is 410 g/mol. The van der Waals surface area contributed by atoms with Gasteiger partial charge in [-0.05, 0) is 31.5 Å². The highest BCUT2D eigenvalue weighted by molar-refractivity contribution is 7.89. The van der Waals surface area contributed by atoms with Gasteiger partial charge in [-0.25, -0.2) is 8.42 Å². The van der Waals surface area contributed by atoms with Gasteiger partial charge in [-0.3, -0.25) is 14.5 Å². The van der Waals surface area contributed by atoms with Crippen LogP contribution >= 0.6 is 0 Å². The van der Waals surface area contributed by atoms with Crippen molar-refractivity contribution < 1.29 is 22.7 Å². The van der Waals surface area contributed by atoms with E-state index < -0.39 is 10.0 Å². The molecule has 154 valence electrons. The van der Waals surface area contributed by atoms with Crippen LogP contribution in [0.15, 0.2) is 23.1 Å². The summed E-state index contributed by atoms with van der Waals surface area (Å²) >= 11 is 0. The summed E-state index contributed by atoms with van der Waals surface area (Å²) in [5.41, 5.74) is 0.359. The van der Waals surface area contributed by atoms with Crippen molar-refractivity contribution in [2.45, 2.75) is 31.2 Å². The molecule has 1 aromatic rings. The van der Waals surface area contributed by atoms with E-state index in [1.807, 2.05) is 18.7 Å². The molecule has 2 aliphatic rings. The second kappa shape index (κ2) is 8.46. The molecule has 1 fully saturated rings. The maximum absolute atomic E-state index is 12.9. The highest BCUT2D eigenvalue weighted by Crippen LogP contribution is 2.31. The van der Waals surface area contributed by atoms with E-state index in [-0.39, 0.29) is 35.9 Å². The molecule has 0 bridgehead atoms. The minimum atomic E-state index is -3.69. The van der Waals surface area contributed by atoms with Crippen LogP contribution in [0, 0.1) is 0 Å². The molecule has 0 aromatic heterocycles. The Morgan fingerprint density at radius 2 is 2.00 bits per heavy atom. The zero-order valence-corrected chi connectivity index (χ0v) is 16.9. The van der Waals surface area contributed by atoms with Crippen LogP contribution in [0.25, 0.3) is 0 Å². The molecular formula is C18H26N4O5S. The molecule has 1 unspecified atom stereocenters. The fraction of sp³-hybridized carbons (Fsp3) is 0.556. The molecule has 0 aliphatic carbocycles. The quantitative estimate of drug-likeness (QED) is 0.696. The minimum absolute atomic E-state index is 0.0453. The van der Waals surface area contributed by atoms with Crippen molar-refractivity contribution in [1.82, 2.24) is 14.5 Å². The van der Waals surface area contributed by atoms with Gasteiger partial charge in [0.1, 0.15) is 5.75 Å². The Hall–Kier alpha value is -2.17. The Bertz CT molecular complexity index is 850. The molecule has 1 atom stereocenters. The van der Waals surface area contributed by atoms with Crippen molar-refractivity contribution in [1.29, 1.82) is 0 Å². The number of carbonyl (C=O) groups is 2. The fourth-order valence-corrected chi connectivity index (χ4v) is 4.57. The van der Waals surface area contributed by atoms with E-state index >= 15 is 0 Å². The van der Waals surface area contributed by atoms with Gasteiger partial charge < -0.3 is 15.4 Å². The molecular weight excluding hydrogens is 384 g/mol. The van der Waals surface area contributed by atoms with E-state index in [1.165, 1.54) is 16.4 Å². The second-order valence-corrected chi connectivity index (χ2v) is 8.99. The molecule has 3 rings (SSSR count). The first kappa shape index (κ1) is 20.6.